The van der Waals surface area contributed by atoms with Gasteiger partial charge in [0, 0.05) is 18.7 Å². The number of carbonyl (C=O) groups is 2. The summed E-state index contributed by atoms with van der Waals surface area (Å²) >= 11 is 0. The van der Waals surface area contributed by atoms with E-state index in [0.29, 0.717) is 11.5 Å². The van der Waals surface area contributed by atoms with Gasteiger partial charge in [-0.1, -0.05) is 19.1 Å². The molecule has 1 N–H and O–H groups in total. The van der Waals surface area contributed by atoms with Gasteiger partial charge in [0.1, 0.15) is 29.8 Å². The zero-order valence-electron chi connectivity index (χ0n) is 22.5. The minimum Gasteiger partial charge on any atom is -0.497 e. The maximum Gasteiger partial charge on any atom is 0.244 e. The molecule has 2 rings (SSSR count). The second-order valence-corrected chi connectivity index (χ2v) is 10.6. The van der Waals surface area contributed by atoms with Gasteiger partial charge in [0.05, 0.1) is 33.3 Å². The van der Waals surface area contributed by atoms with Crippen LogP contribution in [0.3, 0.4) is 0 Å². The average molecular weight is 536 g/mol. The number of sulfonamides is 1. The lowest BCUT2D eigenvalue weighted by atomic mass is 10.1. The molecule has 10 nitrogen and oxygen atoms in total. The van der Waals surface area contributed by atoms with Crippen LogP contribution in [0, 0.1) is 0 Å². The van der Waals surface area contributed by atoms with E-state index in [1.54, 1.807) is 50.4 Å². The number of methoxy groups -OCH3 is 3. The molecule has 0 unspecified atom stereocenters. The number of hydrogen-bond donors (Lipinski definition) is 1. The van der Waals surface area contributed by atoms with E-state index in [9.17, 15) is 18.0 Å². The van der Waals surface area contributed by atoms with Crippen LogP contribution >= 0.6 is 0 Å². The zero-order chi connectivity index (χ0) is 27.8. The van der Waals surface area contributed by atoms with E-state index in [-0.39, 0.29) is 29.9 Å². The Balaban J connectivity index is 2.47. The number of hydrogen-bond acceptors (Lipinski definition) is 7. The largest absolute Gasteiger partial charge is 0.497 e. The number of anilines is 1. The van der Waals surface area contributed by atoms with Crippen LogP contribution in [0.1, 0.15) is 32.8 Å². The number of benzene rings is 2. The molecule has 0 saturated heterocycles. The molecule has 2 atom stereocenters. The third-order valence-electron chi connectivity index (χ3n) is 6.01. The molecule has 0 heterocycles. The molecule has 0 aliphatic carbocycles. The van der Waals surface area contributed by atoms with Crippen LogP contribution in [0.4, 0.5) is 5.69 Å². The quantitative estimate of drug-likeness (QED) is 0.419. The number of carbonyl (C=O) groups excluding carboxylic acids is 2. The van der Waals surface area contributed by atoms with Crippen LogP contribution in [0.2, 0.25) is 0 Å². The van der Waals surface area contributed by atoms with Crippen molar-refractivity contribution in [2.24, 2.45) is 0 Å². The highest BCUT2D eigenvalue weighted by Crippen LogP contribution is 2.34. The molecule has 0 aliphatic heterocycles. The summed E-state index contributed by atoms with van der Waals surface area (Å²) in [5.74, 6) is 0.410. The molecule has 0 aromatic heterocycles. The first-order valence-electron chi connectivity index (χ1n) is 11.9. The second-order valence-electron chi connectivity index (χ2n) is 8.67. The second kappa shape index (κ2) is 13.2. The molecule has 2 aromatic rings. The highest BCUT2D eigenvalue weighted by Gasteiger charge is 2.31. The van der Waals surface area contributed by atoms with Gasteiger partial charge < -0.3 is 24.4 Å². The van der Waals surface area contributed by atoms with Gasteiger partial charge in [0.25, 0.3) is 0 Å². The van der Waals surface area contributed by atoms with Crippen molar-refractivity contribution in [2.75, 3.05) is 38.4 Å². The summed E-state index contributed by atoms with van der Waals surface area (Å²) in [4.78, 5) is 28.1. The van der Waals surface area contributed by atoms with E-state index in [4.69, 9.17) is 14.2 Å². The fourth-order valence-electron chi connectivity index (χ4n) is 3.56. The highest BCUT2D eigenvalue weighted by molar-refractivity contribution is 7.92. The van der Waals surface area contributed by atoms with Crippen molar-refractivity contribution in [1.29, 1.82) is 0 Å². The van der Waals surface area contributed by atoms with Crippen LogP contribution < -0.4 is 23.8 Å². The summed E-state index contributed by atoms with van der Waals surface area (Å²) in [7, 11) is 0.494. The first kappa shape index (κ1) is 29.8. The van der Waals surface area contributed by atoms with Gasteiger partial charge in [-0.25, -0.2) is 8.42 Å². The molecule has 0 spiro atoms. The zero-order valence-corrected chi connectivity index (χ0v) is 23.3. The van der Waals surface area contributed by atoms with Gasteiger partial charge >= 0.3 is 0 Å². The van der Waals surface area contributed by atoms with Crippen molar-refractivity contribution in [2.45, 2.75) is 45.8 Å². The van der Waals surface area contributed by atoms with E-state index >= 15 is 0 Å². The van der Waals surface area contributed by atoms with Gasteiger partial charge in [-0.3, -0.25) is 13.9 Å². The normalized spacial score (nSPS) is 12.7. The minimum absolute atomic E-state index is 0.0820. The van der Waals surface area contributed by atoms with Crippen molar-refractivity contribution in [3.05, 3.63) is 48.0 Å². The van der Waals surface area contributed by atoms with Crippen molar-refractivity contribution < 1.29 is 32.2 Å². The molecule has 0 fully saturated rings. The summed E-state index contributed by atoms with van der Waals surface area (Å²) in [5, 5.41) is 2.90. The van der Waals surface area contributed by atoms with Crippen LogP contribution in [-0.4, -0.2) is 71.3 Å². The molecule has 2 aromatic carbocycles. The number of nitrogens with zero attached hydrogens (tertiary/aromatic N) is 2. The Morgan fingerprint density at radius 3 is 2.05 bits per heavy atom. The van der Waals surface area contributed by atoms with E-state index in [1.807, 2.05) is 13.8 Å². The smallest absolute Gasteiger partial charge is 0.244 e. The molecule has 0 saturated carbocycles. The Morgan fingerprint density at radius 2 is 1.54 bits per heavy atom. The van der Waals surface area contributed by atoms with E-state index in [0.717, 1.165) is 22.5 Å². The van der Waals surface area contributed by atoms with Crippen molar-refractivity contribution in [3.63, 3.8) is 0 Å². The van der Waals surface area contributed by atoms with Crippen molar-refractivity contribution >= 4 is 27.5 Å². The molecular weight excluding hydrogens is 498 g/mol. The molecule has 0 radical (unpaired) electrons. The summed E-state index contributed by atoms with van der Waals surface area (Å²) in [5.41, 5.74) is 0.904. The monoisotopic (exact) mass is 535 g/mol. The van der Waals surface area contributed by atoms with Crippen LogP contribution in [0.25, 0.3) is 0 Å². The SMILES string of the molecule is CC[C@@H](C)NC(=O)[C@@H](C)N(Cc1ccc(OC)cc1)C(=O)CN(c1cc(OC)ccc1OC)S(C)(=O)=O. The number of amides is 2. The summed E-state index contributed by atoms with van der Waals surface area (Å²) in [6.07, 6.45) is 1.73. The van der Waals surface area contributed by atoms with Gasteiger partial charge in [-0.2, -0.15) is 0 Å². The van der Waals surface area contributed by atoms with Crippen molar-refractivity contribution in [3.8, 4) is 17.2 Å². The molecule has 0 bridgehead atoms. The summed E-state index contributed by atoms with van der Waals surface area (Å²) in [6, 6.07) is 10.8. The molecule has 37 heavy (non-hydrogen) atoms. The molecule has 11 heteroatoms. The summed E-state index contributed by atoms with van der Waals surface area (Å²) in [6.45, 7) is 4.99. The predicted octanol–water partition coefficient (Wildman–Crippen LogP) is 2.81. The van der Waals surface area contributed by atoms with Crippen LogP contribution in [0.5, 0.6) is 17.2 Å². The number of ether oxygens (including phenoxy) is 3. The minimum atomic E-state index is -3.92. The number of nitrogens with one attached hydrogen (secondary N) is 1. The van der Waals surface area contributed by atoms with E-state index < -0.39 is 28.5 Å². The van der Waals surface area contributed by atoms with Crippen molar-refractivity contribution in [1.82, 2.24) is 10.2 Å². The Labute approximate surface area is 219 Å². The topological polar surface area (TPSA) is 114 Å². The molecule has 2 amide bonds. The Kier molecular flexibility index (Phi) is 10.6. The molecule has 204 valence electrons. The predicted molar refractivity (Wildman–Crippen MR) is 143 cm³/mol. The Hall–Kier alpha value is -3.47. The van der Waals surface area contributed by atoms with Gasteiger partial charge in [-0.05, 0) is 50.1 Å². The van der Waals surface area contributed by atoms with Gasteiger partial charge in [0.2, 0.25) is 21.8 Å². The Bertz CT molecular complexity index is 1170. The highest BCUT2D eigenvalue weighted by atomic mass is 32.2. The average Bonchev–Trinajstić information content (AvgIpc) is 2.88. The van der Waals surface area contributed by atoms with E-state index in [1.165, 1.54) is 25.2 Å². The first-order chi connectivity index (χ1) is 17.4. The fraction of sp³-hybridized carbons (Fsp3) is 0.462. The Morgan fingerprint density at radius 1 is 0.946 bits per heavy atom. The molecular formula is C26H37N3O7S. The third kappa shape index (κ3) is 8.01. The van der Waals surface area contributed by atoms with Gasteiger partial charge in [0.15, 0.2) is 0 Å². The summed E-state index contributed by atoms with van der Waals surface area (Å²) < 4.78 is 42.4. The number of rotatable bonds is 13. The maximum absolute atomic E-state index is 13.7. The van der Waals surface area contributed by atoms with Crippen LogP contribution in [-0.2, 0) is 26.2 Å². The lowest BCUT2D eigenvalue weighted by Gasteiger charge is -2.32. The lowest BCUT2D eigenvalue weighted by molar-refractivity contribution is -0.139. The fourth-order valence-corrected chi connectivity index (χ4v) is 4.41. The van der Waals surface area contributed by atoms with Gasteiger partial charge in [-0.15, -0.1) is 0 Å². The standard InChI is InChI=1S/C26H37N3O7S/c1-8-18(2)27-26(31)19(3)28(16-20-9-11-21(34-4)12-10-20)25(30)17-29(37(7,32)33)23-15-22(35-5)13-14-24(23)36-6/h9-15,18-19H,8,16-17H2,1-7H3,(H,27,31)/t18-,19-/m1/s1. The lowest BCUT2D eigenvalue weighted by Crippen LogP contribution is -2.52. The molecule has 0 aliphatic rings. The third-order valence-corrected chi connectivity index (χ3v) is 7.14. The maximum atomic E-state index is 13.7. The first-order valence-corrected chi connectivity index (χ1v) is 13.7. The van der Waals surface area contributed by atoms with E-state index in [2.05, 4.69) is 5.32 Å². The van der Waals surface area contributed by atoms with Crippen LogP contribution in [0.15, 0.2) is 42.5 Å².